The number of nitrogens with one attached hydrogen (secondary N) is 2. The van der Waals surface area contributed by atoms with Crippen LogP contribution in [0.5, 0.6) is 5.75 Å². The lowest BCUT2D eigenvalue weighted by Gasteiger charge is -2.23. The first-order valence-electron chi connectivity index (χ1n) is 7.99. The molecule has 0 aliphatic rings. The van der Waals surface area contributed by atoms with Gasteiger partial charge in [0, 0.05) is 5.69 Å². The van der Waals surface area contributed by atoms with E-state index in [9.17, 15) is 22.8 Å². The number of rotatable bonds is 5. The molecule has 0 spiro atoms. The zero-order valence-electron chi connectivity index (χ0n) is 15.0. The normalized spacial score (nSPS) is 11.6. The third kappa shape index (κ3) is 4.78. The van der Waals surface area contributed by atoms with Crippen LogP contribution in [-0.4, -0.2) is 18.9 Å². The van der Waals surface area contributed by atoms with E-state index in [4.69, 9.17) is 4.74 Å². The maximum absolute atomic E-state index is 12.8. The Morgan fingerprint density at radius 1 is 0.926 bits per heavy atom. The monoisotopic (exact) mass is 380 g/mol. The Morgan fingerprint density at radius 2 is 1.56 bits per heavy atom. The van der Waals surface area contributed by atoms with Gasteiger partial charge in [0.15, 0.2) is 0 Å². The van der Waals surface area contributed by atoms with Crippen molar-refractivity contribution in [3.8, 4) is 5.75 Å². The highest BCUT2D eigenvalue weighted by molar-refractivity contribution is 6.14. The third-order valence-electron chi connectivity index (χ3n) is 3.94. The lowest BCUT2D eigenvalue weighted by Crippen LogP contribution is -2.41. The average Bonchev–Trinajstić information content (AvgIpc) is 2.61. The van der Waals surface area contributed by atoms with Crippen molar-refractivity contribution in [1.29, 1.82) is 0 Å². The number of halogens is 3. The minimum Gasteiger partial charge on any atom is -0.495 e. The van der Waals surface area contributed by atoms with Crippen LogP contribution in [0.3, 0.4) is 0 Å². The molecular formula is C19H19F3N2O3. The van der Waals surface area contributed by atoms with Gasteiger partial charge in [-0.25, -0.2) is 0 Å². The predicted molar refractivity (Wildman–Crippen MR) is 95.5 cm³/mol. The first-order chi connectivity index (χ1) is 12.6. The van der Waals surface area contributed by atoms with Gasteiger partial charge >= 0.3 is 6.18 Å². The molecule has 0 radical (unpaired) electrons. The van der Waals surface area contributed by atoms with E-state index in [-0.39, 0.29) is 5.69 Å². The second kappa shape index (κ2) is 7.69. The van der Waals surface area contributed by atoms with Crippen molar-refractivity contribution in [2.75, 3.05) is 17.7 Å². The number of benzene rings is 2. The van der Waals surface area contributed by atoms with Crippen molar-refractivity contribution in [2.24, 2.45) is 5.41 Å². The van der Waals surface area contributed by atoms with Crippen molar-refractivity contribution in [3.05, 3.63) is 54.1 Å². The van der Waals surface area contributed by atoms with Crippen LogP contribution in [0.1, 0.15) is 19.4 Å². The Labute approximate surface area is 154 Å². The van der Waals surface area contributed by atoms with Crippen molar-refractivity contribution in [1.82, 2.24) is 0 Å². The number of anilines is 2. The van der Waals surface area contributed by atoms with E-state index >= 15 is 0 Å². The fourth-order valence-electron chi connectivity index (χ4n) is 2.19. The summed E-state index contributed by atoms with van der Waals surface area (Å²) in [6, 6.07) is 10.9. The summed E-state index contributed by atoms with van der Waals surface area (Å²) in [5.41, 5.74) is -2.11. The number of carbonyl (C=O) groups excluding carboxylic acids is 2. The number of carbonyl (C=O) groups is 2. The minimum absolute atomic E-state index is 0.0482. The molecule has 0 fully saturated rings. The maximum Gasteiger partial charge on any atom is 0.416 e. The molecule has 0 unspecified atom stereocenters. The summed E-state index contributed by atoms with van der Waals surface area (Å²) in [4.78, 5) is 25.0. The molecule has 2 aromatic rings. The topological polar surface area (TPSA) is 67.4 Å². The molecule has 2 N–H and O–H groups in total. The molecule has 27 heavy (non-hydrogen) atoms. The molecule has 2 aromatic carbocycles. The van der Waals surface area contributed by atoms with Gasteiger partial charge in [0.25, 0.3) is 0 Å². The van der Waals surface area contributed by atoms with Crippen molar-refractivity contribution >= 4 is 23.2 Å². The molecule has 0 aliphatic carbocycles. The Bertz CT molecular complexity index is 848. The Morgan fingerprint density at radius 3 is 2.19 bits per heavy atom. The summed E-state index contributed by atoms with van der Waals surface area (Å²) in [7, 11) is 1.44. The number of hydrogen-bond donors (Lipinski definition) is 2. The van der Waals surface area contributed by atoms with Crippen LogP contribution < -0.4 is 15.4 Å². The highest BCUT2D eigenvalue weighted by Crippen LogP contribution is 2.31. The molecule has 5 nitrogen and oxygen atoms in total. The van der Waals surface area contributed by atoms with Gasteiger partial charge in [0.2, 0.25) is 11.8 Å². The Kier molecular flexibility index (Phi) is 5.78. The number of amides is 2. The molecule has 8 heteroatoms. The SMILES string of the molecule is COc1ccccc1NC(=O)C(C)(C)C(=O)Nc1cccc(C(F)(F)F)c1. The van der Waals surface area contributed by atoms with Crippen LogP contribution in [0.2, 0.25) is 0 Å². The number of hydrogen-bond acceptors (Lipinski definition) is 3. The molecule has 2 amide bonds. The zero-order valence-corrected chi connectivity index (χ0v) is 15.0. The molecular weight excluding hydrogens is 361 g/mol. The Balaban J connectivity index is 2.16. The van der Waals surface area contributed by atoms with Crippen LogP contribution in [0.15, 0.2) is 48.5 Å². The molecule has 0 saturated heterocycles. The van der Waals surface area contributed by atoms with Crippen LogP contribution in [-0.2, 0) is 15.8 Å². The van der Waals surface area contributed by atoms with Gasteiger partial charge in [-0.05, 0) is 44.2 Å². The summed E-state index contributed by atoms with van der Waals surface area (Å²) in [6.45, 7) is 2.75. The Hall–Kier alpha value is -3.03. The average molecular weight is 380 g/mol. The number of alkyl halides is 3. The quantitative estimate of drug-likeness (QED) is 0.760. The summed E-state index contributed by atoms with van der Waals surface area (Å²) in [6.07, 6.45) is -4.53. The maximum atomic E-state index is 12.8. The van der Waals surface area contributed by atoms with Crippen molar-refractivity contribution in [2.45, 2.75) is 20.0 Å². The number of methoxy groups -OCH3 is 1. The standard InChI is InChI=1S/C19H19F3N2O3/c1-18(2,17(26)24-14-9-4-5-10-15(14)27-3)16(25)23-13-8-6-7-12(11-13)19(20,21)22/h4-11H,1-3H3,(H,23,25)(H,24,26). The zero-order chi connectivity index (χ0) is 20.2. The first kappa shape index (κ1) is 20.3. The summed E-state index contributed by atoms with van der Waals surface area (Å²) in [5, 5.41) is 4.96. The molecule has 0 bridgehead atoms. The molecule has 0 aliphatic heterocycles. The fourth-order valence-corrected chi connectivity index (χ4v) is 2.19. The molecule has 0 aromatic heterocycles. The molecule has 0 atom stereocenters. The second-order valence-corrected chi connectivity index (χ2v) is 6.31. The van der Waals surface area contributed by atoms with Gasteiger partial charge in [0.05, 0.1) is 18.4 Å². The molecule has 2 rings (SSSR count). The van der Waals surface area contributed by atoms with E-state index in [0.29, 0.717) is 11.4 Å². The lowest BCUT2D eigenvalue weighted by atomic mass is 9.90. The van der Waals surface area contributed by atoms with Crippen LogP contribution in [0.25, 0.3) is 0 Å². The largest absolute Gasteiger partial charge is 0.495 e. The van der Waals surface area contributed by atoms with E-state index in [0.717, 1.165) is 12.1 Å². The van der Waals surface area contributed by atoms with E-state index in [1.54, 1.807) is 24.3 Å². The predicted octanol–water partition coefficient (Wildman–Crippen LogP) is 4.32. The van der Waals surface area contributed by atoms with Gasteiger partial charge in [-0.1, -0.05) is 18.2 Å². The van der Waals surface area contributed by atoms with Crippen LogP contribution in [0, 0.1) is 5.41 Å². The highest BCUT2D eigenvalue weighted by atomic mass is 19.4. The van der Waals surface area contributed by atoms with Crippen molar-refractivity contribution in [3.63, 3.8) is 0 Å². The van der Waals surface area contributed by atoms with Gasteiger partial charge < -0.3 is 15.4 Å². The van der Waals surface area contributed by atoms with Crippen LogP contribution >= 0.6 is 0 Å². The number of ether oxygens (including phenoxy) is 1. The van der Waals surface area contributed by atoms with Gasteiger partial charge in [-0.2, -0.15) is 13.2 Å². The smallest absolute Gasteiger partial charge is 0.416 e. The molecule has 0 saturated carbocycles. The lowest BCUT2D eigenvalue weighted by molar-refractivity contribution is -0.138. The van der Waals surface area contributed by atoms with Gasteiger partial charge in [-0.3, -0.25) is 9.59 Å². The first-order valence-corrected chi connectivity index (χ1v) is 7.99. The van der Waals surface area contributed by atoms with E-state index in [1.807, 2.05) is 0 Å². The van der Waals surface area contributed by atoms with Gasteiger partial charge in [0.1, 0.15) is 11.2 Å². The third-order valence-corrected chi connectivity index (χ3v) is 3.94. The summed E-state index contributed by atoms with van der Waals surface area (Å²) < 4.78 is 43.5. The van der Waals surface area contributed by atoms with E-state index in [1.165, 1.54) is 33.1 Å². The molecule has 144 valence electrons. The highest BCUT2D eigenvalue weighted by Gasteiger charge is 2.37. The number of para-hydroxylation sites is 2. The second-order valence-electron chi connectivity index (χ2n) is 6.31. The van der Waals surface area contributed by atoms with E-state index < -0.39 is 29.0 Å². The minimum atomic E-state index is -4.53. The van der Waals surface area contributed by atoms with Crippen LogP contribution in [0.4, 0.5) is 24.5 Å². The van der Waals surface area contributed by atoms with E-state index in [2.05, 4.69) is 10.6 Å². The van der Waals surface area contributed by atoms with Gasteiger partial charge in [-0.15, -0.1) is 0 Å². The molecule has 0 heterocycles. The summed E-state index contributed by atoms with van der Waals surface area (Å²) in [5.74, 6) is -0.953. The summed E-state index contributed by atoms with van der Waals surface area (Å²) >= 11 is 0. The van der Waals surface area contributed by atoms with Crippen molar-refractivity contribution < 1.29 is 27.5 Å². The fraction of sp³-hybridized carbons (Fsp3) is 0.263.